The van der Waals surface area contributed by atoms with Crippen LogP contribution in [0.25, 0.3) is 0 Å². The molecule has 1 aliphatic carbocycles. The number of halogens is 2. The standard InChI is InChI=1S/C6H7Cl2Si/c7-9(8)5-6-3-1-2-4-6/h1-4,6H,5H2. The molecule has 0 aliphatic heterocycles. The van der Waals surface area contributed by atoms with Gasteiger partial charge < -0.3 is 0 Å². The molecule has 0 aromatic carbocycles. The molecule has 1 rings (SSSR count). The maximum absolute atomic E-state index is 5.66. The molecule has 49 valence electrons. The summed E-state index contributed by atoms with van der Waals surface area (Å²) < 4.78 is 0. The highest BCUT2D eigenvalue weighted by molar-refractivity contribution is 7.33. The zero-order valence-corrected chi connectivity index (χ0v) is 7.36. The Labute approximate surface area is 66.2 Å². The summed E-state index contributed by atoms with van der Waals surface area (Å²) in [6.45, 7) is 0. The van der Waals surface area contributed by atoms with Gasteiger partial charge in [0.25, 0.3) is 7.42 Å². The second kappa shape index (κ2) is 3.45. The number of rotatable bonds is 2. The van der Waals surface area contributed by atoms with Crippen LogP contribution >= 0.6 is 22.2 Å². The number of allylic oxidation sites excluding steroid dienone is 4. The predicted octanol–water partition coefficient (Wildman–Crippen LogP) is 2.69. The van der Waals surface area contributed by atoms with Crippen molar-refractivity contribution in [3.8, 4) is 0 Å². The molecule has 1 aliphatic rings. The van der Waals surface area contributed by atoms with Crippen LogP contribution in [0.2, 0.25) is 6.04 Å². The van der Waals surface area contributed by atoms with Crippen molar-refractivity contribution in [1.82, 2.24) is 0 Å². The second-order valence-electron chi connectivity index (χ2n) is 1.98. The molecule has 0 bridgehead atoms. The number of hydrogen-bond acceptors (Lipinski definition) is 0. The Kier molecular flexibility index (Phi) is 2.83. The van der Waals surface area contributed by atoms with Crippen molar-refractivity contribution < 1.29 is 0 Å². The van der Waals surface area contributed by atoms with Gasteiger partial charge in [0, 0.05) is 0 Å². The molecule has 9 heavy (non-hydrogen) atoms. The predicted molar refractivity (Wildman–Crippen MR) is 44.0 cm³/mol. The van der Waals surface area contributed by atoms with E-state index >= 15 is 0 Å². The molecule has 0 nitrogen and oxygen atoms in total. The smallest absolute Gasteiger partial charge is 0.147 e. The summed E-state index contributed by atoms with van der Waals surface area (Å²) in [7, 11) is -1.08. The van der Waals surface area contributed by atoms with E-state index in [1.807, 2.05) is 12.2 Å². The quantitative estimate of drug-likeness (QED) is 0.450. The average Bonchev–Trinajstić information content (AvgIpc) is 2.15. The topological polar surface area (TPSA) is 0 Å². The molecule has 0 amide bonds. The fraction of sp³-hybridized carbons (Fsp3) is 0.333. The first-order chi connectivity index (χ1) is 4.29. The molecule has 0 heterocycles. The van der Waals surface area contributed by atoms with Crippen LogP contribution in [-0.2, 0) is 0 Å². The van der Waals surface area contributed by atoms with Gasteiger partial charge in [-0.1, -0.05) is 24.3 Å². The van der Waals surface area contributed by atoms with E-state index in [4.69, 9.17) is 22.2 Å². The lowest BCUT2D eigenvalue weighted by Crippen LogP contribution is -1.98. The molecular formula is C6H7Cl2Si. The van der Waals surface area contributed by atoms with Crippen LogP contribution in [0, 0.1) is 5.92 Å². The van der Waals surface area contributed by atoms with Gasteiger partial charge in [-0.2, -0.15) is 0 Å². The van der Waals surface area contributed by atoms with Gasteiger partial charge >= 0.3 is 0 Å². The van der Waals surface area contributed by atoms with Crippen molar-refractivity contribution in [2.75, 3.05) is 0 Å². The highest BCUT2D eigenvalue weighted by Gasteiger charge is 2.10. The third-order valence-electron chi connectivity index (χ3n) is 1.22. The molecule has 0 saturated carbocycles. The van der Waals surface area contributed by atoms with E-state index in [2.05, 4.69) is 12.2 Å². The van der Waals surface area contributed by atoms with Crippen LogP contribution in [-0.4, -0.2) is 7.42 Å². The van der Waals surface area contributed by atoms with Gasteiger partial charge in [0.2, 0.25) is 0 Å². The first-order valence-electron chi connectivity index (χ1n) is 2.81. The first kappa shape index (κ1) is 7.38. The summed E-state index contributed by atoms with van der Waals surface area (Å²) >= 11 is 11.3. The normalized spacial score (nSPS) is 18.1. The van der Waals surface area contributed by atoms with Crippen molar-refractivity contribution in [2.24, 2.45) is 5.92 Å². The molecule has 0 aromatic heterocycles. The van der Waals surface area contributed by atoms with Gasteiger partial charge in [-0.15, -0.1) is 22.2 Å². The highest BCUT2D eigenvalue weighted by atomic mass is 35.7. The van der Waals surface area contributed by atoms with Gasteiger partial charge in [-0.3, -0.25) is 0 Å². The van der Waals surface area contributed by atoms with Crippen molar-refractivity contribution in [3.63, 3.8) is 0 Å². The van der Waals surface area contributed by atoms with Gasteiger partial charge in [0.1, 0.15) is 0 Å². The Morgan fingerprint density at radius 1 is 1.22 bits per heavy atom. The SMILES string of the molecule is Cl[Si](Cl)CC1C=CC=C1. The van der Waals surface area contributed by atoms with Crippen molar-refractivity contribution >= 4 is 29.6 Å². The molecular weight excluding hydrogens is 171 g/mol. The lowest BCUT2D eigenvalue weighted by atomic mass is 10.2. The van der Waals surface area contributed by atoms with Gasteiger partial charge in [-0.25, -0.2) is 0 Å². The van der Waals surface area contributed by atoms with Crippen LogP contribution < -0.4 is 0 Å². The summed E-state index contributed by atoms with van der Waals surface area (Å²) in [5, 5.41) is 0. The lowest BCUT2D eigenvalue weighted by Gasteiger charge is -2.01. The van der Waals surface area contributed by atoms with E-state index in [0.717, 1.165) is 6.04 Å². The van der Waals surface area contributed by atoms with Crippen molar-refractivity contribution in [2.45, 2.75) is 6.04 Å². The summed E-state index contributed by atoms with van der Waals surface area (Å²) in [5.41, 5.74) is 0. The molecule has 0 N–H and O–H groups in total. The maximum atomic E-state index is 5.66. The summed E-state index contributed by atoms with van der Waals surface area (Å²) in [4.78, 5) is 0. The maximum Gasteiger partial charge on any atom is 0.274 e. The third-order valence-corrected chi connectivity index (χ3v) is 2.92. The summed E-state index contributed by atoms with van der Waals surface area (Å²) in [5.74, 6) is 0.508. The molecule has 0 unspecified atom stereocenters. The van der Waals surface area contributed by atoms with Crippen LogP contribution in [0.3, 0.4) is 0 Å². The van der Waals surface area contributed by atoms with Gasteiger partial charge in [0.15, 0.2) is 0 Å². The summed E-state index contributed by atoms with van der Waals surface area (Å²) in [6, 6.07) is 0.931. The Bertz CT molecular complexity index is 128. The third kappa shape index (κ3) is 2.56. The van der Waals surface area contributed by atoms with Crippen LogP contribution in [0.4, 0.5) is 0 Å². The van der Waals surface area contributed by atoms with E-state index < -0.39 is 7.42 Å². The molecule has 0 aromatic rings. The largest absolute Gasteiger partial charge is 0.274 e. The van der Waals surface area contributed by atoms with Gasteiger partial charge in [0.05, 0.1) is 0 Å². The molecule has 0 fully saturated rings. The van der Waals surface area contributed by atoms with E-state index in [1.54, 1.807) is 0 Å². The monoisotopic (exact) mass is 177 g/mol. The molecule has 0 saturated heterocycles. The molecule has 0 atom stereocenters. The minimum atomic E-state index is -1.08. The lowest BCUT2D eigenvalue weighted by molar-refractivity contribution is 0.950. The van der Waals surface area contributed by atoms with Crippen LogP contribution in [0.5, 0.6) is 0 Å². The van der Waals surface area contributed by atoms with Gasteiger partial charge in [-0.05, 0) is 12.0 Å². The zero-order valence-electron chi connectivity index (χ0n) is 4.85. The van der Waals surface area contributed by atoms with Crippen LogP contribution in [0.15, 0.2) is 24.3 Å². The van der Waals surface area contributed by atoms with E-state index in [-0.39, 0.29) is 0 Å². The first-order valence-corrected chi connectivity index (χ1v) is 6.54. The zero-order chi connectivity index (χ0) is 6.69. The fourth-order valence-electron chi connectivity index (χ4n) is 0.792. The van der Waals surface area contributed by atoms with Crippen LogP contribution in [0.1, 0.15) is 0 Å². The Morgan fingerprint density at radius 2 is 1.78 bits per heavy atom. The molecule has 1 radical (unpaired) electrons. The van der Waals surface area contributed by atoms with E-state index in [9.17, 15) is 0 Å². The minimum absolute atomic E-state index is 0.508. The Morgan fingerprint density at radius 3 is 2.22 bits per heavy atom. The molecule has 0 spiro atoms. The minimum Gasteiger partial charge on any atom is -0.147 e. The average molecular weight is 178 g/mol. The molecule has 3 heteroatoms. The summed E-state index contributed by atoms with van der Waals surface area (Å²) in [6.07, 6.45) is 8.30. The van der Waals surface area contributed by atoms with E-state index in [0.29, 0.717) is 5.92 Å². The Hall–Kier alpha value is 0.277. The highest BCUT2D eigenvalue weighted by Crippen LogP contribution is 2.18. The number of hydrogen-bond donors (Lipinski definition) is 0. The van der Waals surface area contributed by atoms with Crippen molar-refractivity contribution in [1.29, 1.82) is 0 Å². The fourth-order valence-corrected chi connectivity index (χ4v) is 2.49. The second-order valence-corrected chi connectivity index (χ2v) is 6.38. The van der Waals surface area contributed by atoms with Crippen molar-refractivity contribution in [3.05, 3.63) is 24.3 Å². The Balaban J connectivity index is 2.29. The van der Waals surface area contributed by atoms with E-state index in [1.165, 1.54) is 0 Å².